The van der Waals surface area contributed by atoms with Crippen LogP contribution >= 0.6 is 0 Å². The zero-order valence-corrected chi connectivity index (χ0v) is 19.4. The highest BCUT2D eigenvalue weighted by molar-refractivity contribution is 5.89. The fraction of sp³-hybridized carbons (Fsp3) is 0.300. The highest BCUT2D eigenvalue weighted by Gasteiger charge is 2.40. The maximum absolute atomic E-state index is 12.7. The van der Waals surface area contributed by atoms with Crippen molar-refractivity contribution in [3.8, 4) is 0 Å². The Hall–Kier alpha value is -3.17. The molecule has 0 amide bonds. The molecule has 0 radical (unpaired) electrons. The smallest absolute Gasteiger partial charge is 0.140 e. The van der Waals surface area contributed by atoms with Crippen LogP contribution < -0.4 is 4.90 Å². The number of likely N-dealkylation sites (tertiary alicyclic amines) is 1. The first kappa shape index (κ1) is 21.7. The van der Waals surface area contributed by atoms with Gasteiger partial charge in [0, 0.05) is 17.9 Å². The SMILES string of the molecule is CC(=O)C1(c2ccccc2)CCN(CCCN2c3ccccc3C=Cc3ccccc32)CC1. The van der Waals surface area contributed by atoms with Gasteiger partial charge in [-0.3, -0.25) is 4.79 Å². The molecule has 3 aromatic rings. The Labute approximate surface area is 197 Å². The van der Waals surface area contributed by atoms with Crippen molar-refractivity contribution in [2.45, 2.75) is 31.6 Å². The number of anilines is 2. The average molecular weight is 437 g/mol. The van der Waals surface area contributed by atoms with Crippen LogP contribution in [0.3, 0.4) is 0 Å². The normalized spacial score (nSPS) is 17.2. The molecule has 0 aromatic heterocycles. The first-order valence-electron chi connectivity index (χ1n) is 12.1. The predicted molar refractivity (Wildman–Crippen MR) is 138 cm³/mol. The topological polar surface area (TPSA) is 23.6 Å². The van der Waals surface area contributed by atoms with E-state index in [4.69, 9.17) is 0 Å². The number of piperidine rings is 1. The second-order valence-corrected chi connectivity index (χ2v) is 9.30. The van der Waals surface area contributed by atoms with E-state index >= 15 is 0 Å². The Balaban J connectivity index is 1.26. The Morgan fingerprint density at radius 3 is 1.88 bits per heavy atom. The molecule has 2 aliphatic rings. The largest absolute Gasteiger partial charge is 0.340 e. The average Bonchev–Trinajstić information content (AvgIpc) is 3.02. The third kappa shape index (κ3) is 4.26. The summed E-state index contributed by atoms with van der Waals surface area (Å²) in [6.07, 6.45) is 7.35. The Morgan fingerprint density at radius 1 is 0.758 bits per heavy atom. The van der Waals surface area contributed by atoms with E-state index in [0.29, 0.717) is 5.78 Å². The number of carbonyl (C=O) groups is 1. The molecule has 0 aliphatic carbocycles. The maximum Gasteiger partial charge on any atom is 0.140 e. The van der Waals surface area contributed by atoms with Gasteiger partial charge in [-0.15, -0.1) is 0 Å². The molecule has 0 N–H and O–H groups in total. The maximum atomic E-state index is 12.7. The number of hydrogen-bond acceptors (Lipinski definition) is 3. The minimum atomic E-state index is -0.313. The number of fused-ring (bicyclic) bond motifs is 2. The lowest BCUT2D eigenvalue weighted by molar-refractivity contribution is -0.124. The number of ketones is 1. The summed E-state index contributed by atoms with van der Waals surface area (Å²) in [5.74, 6) is 0.304. The van der Waals surface area contributed by atoms with Gasteiger partial charge in [-0.05, 0) is 74.6 Å². The van der Waals surface area contributed by atoms with Crippen LogP contribution in [0.2, 0.25) is 0 Å². The number of para-hydroxylation sites is 2. The van der Waals surface area contributed by atoms with Crippen molar-refractivity contribution in [1.29, 1.82) is 0 Å². The summed E-state index contributed by atoms with van der Waals surface area (Å²) in [5.41, 5.74) is 5.95. The van der Waals surface area contributed by atoms with Gasteiger partial charge in [-0.25, -0.2) is 0 Å². The standard InChI is InChI=1S/C30H32N2O/c1-24(33)30(27-12-3-2-4-13-27)18-22-31(23-19-30)20-9-21-32-28-14-7-5-10-25(28)16-17-26-11-6-8-15-29(26)32/h2-8,10-17H,9,18-23H2,1H3. The van der Waals surface area contributed by atoms with Gasteiger partial charge in [-0.1, -0.05) is 78.9 Å². The number of carbonyl (C=O) groups excluding carboxylic acids is 1. The van der Waals surface area contributed by atoms with Crippen molar-refractivity contribution in [1.82, 2.24) is 4.90 Å². The highest BCUT2D eigenvalue weighted by Crippen LogP contribution is 2.38. The molecule has 1 fully saturated rings. The minimum Gasteiger partial charge on any atom is -0.340 e. The summed E-state index contributed by atoms with van der Waals surface area (Å²) >= 11 is 0. The van der Waals surface area contributed by atoms with Crippen LogP contribution in [0.5, 0.6) is 0 Å². The van der Waals surface area contributed by atoms with Crippen molar-refractivity contribution in [3.05, 3.63) is 95.6 Å². The number of hydrogen-bond donors (Lipinski definition) is 0. The van der Waals surface area contributed by atoms with Crippen molar-refractivity contribution < 1.29 is 4.79 Å². The summed E-state index contributed by atoms with van der Waals surface area (Å²) < 4.78 is 0. The number of Topliss-reactive ketones (excluding diaryl/α,β-unsaturated/α-hetero) is 1. The number of benzene rings is 3. The quantitative estimate of drug-likeness (QED) is 0.452. The summed E-state index contributed by atoms with van der Waals surface area (Å²) in [4.78, 5) is 17.7. The third-order valence-electron chi connectivity index (χ3n) is 7.46. The van der Waals surface area contributed by atoms with Crippen LogP contribution in [-0.4, -0.2) is 36.9 Å². The van der Waals surface area contributed by atoms with Crippen LogP contribution in [-0.2, 0) is 10.2 Å². The second-order valence-electron chi connectivity index (χ2n) is 9.30. The molecule has 5 rings (SSSR count). The van der Waals surface area contributed by atoms with E-state index in [2.05, 4.69) is 94.7 Å². The van der Waals surface area contributed by atoms with E-state index in [1.54, 1.807) is 6.92 Å². The van der Waals surface area contributed by atoms with Crippen molar-refractivity contribution in [2.75, 3.05) is 31.1 Å². The van der Waals surface area contributed by atoms with E-state index in [1.165, 1.54) is 28.1 Å². The summed E-state index contributed by atoms with van der Waals surface area (Å²) in [6, 6.07) is 27.7. The Morgan fingerprint density at radius 2 is 1.30 bits per heavy atom. The van der Waals surface area contributed by atoms with E-state index in [0.717, 1.165) is 45.4 Å². The Kier molecular flexibility index (Phi) is 6.15. The van der Waals surface area contributed by atoms with E-state index < -0.39 is 0 Å². The fourth-order valence-electron chi connectivity index (χ4n) is 5.51. The first-order chi connectivity index (χ1) is 16.2. The molecule has 0 bridgehead atoms. The molecule has 2 heterocycles. The molecular weight excluding hydrogens is 404 g/mol. The van der Waals surface area contributed by atoms with Gasteiger partial charge in [0.15, 0.2) is 0 Å². The third-order valence-corrected chi connectivity index (χ3v) is 7.46. The molecule has 0 unspecified atom stereocenters. The lowest BCUT2D eigenvalue weighted by Gasteiger charge is -2.41. The van der Waals surface area contributed by atoms with Gasteiger partial charge in [-0.2, -0.15) is 0 Å². The van der Waals surface area contributed by atoms with Gasteiger partial charge in [0.1, 0.15) is 5.78 Å². The minimum absolute atomic E-state index is 0.304. The van der Waals surface area contributed by atoms with Crippen LogP contribution in [0.1, 0.15) is 42.9 Å². The van der Waals surface area contributed by atoms with Gasteiger partial charge >= 0.3 is 0 Å². The Bertz CT molecular complexity index is 1090. The summed E-state index contributed by atoms with van der Waals surface area (Å²) in [5, 5.41) is 0. The van der Waals surface area contributed by atoms with Crippen LogP contribution in [0, 0.1) is 0 Å². The molecule has 1 saturated heterocycles. The molecule has 0 saturated carbocycles. The summed E-state index contributed by atoms with van der Waals surface area (Å²) in [7, 11) is 0. The molecule has 3 aromatic carbocycles. The zero-order chi connectivity index (χ0) is 22.7. The highest BCUT2D eigenvalue weighted by atomic mass is 16.1. The molecule has 0 atom stereocenters. The lowest BCUT2D eigenvalue weighted by atomic mass is 9.70. The zero-order valence-electron chi connectivity index (χ0n) is 19.4. The lowest BCUT2D eigenvalue weighted by Crippen LogP contribution is -2.47. The molecule has 3 heteroatoms. The van der Waals surface area contributed by atoms with Crippen LogP contribution in [0.25, 0.3) is 12.2 Å². The molecule has 168 valence electrons. The number of rotatable bonds is 6. The van der Waals surface area contributed by atoms with Gasteiger partial charge in [0.25, 0.3) is 0 Å². The molecule has 33 heavy (non-hydrogen) atoms. The van der Waals surface area contributed by atoms with E-state index in [9.17, 15) is 4.79 Å². The molecule has 0 spiro atoms. The number of nitrogens with zero attached hydrogens (tertiary/aromatic N) is 2. The van der Waals surface area contributed by atoms with Crippen molar-refractivity contribution >= 4 is 29.3 Å². The molecular formula is C30H32N2O. The first-order valence-corrected chi connectivity index (χ1v) is 12.1. The van der Waals surface area contributed by atoms with Crippen molar-refractivity contribution in [2.24, 2.45) is 0 Å². The van der Waals surface area contributed by atoms with Crippen molar-refractivity contribution in [3.63, 3.8) is 0 Å². The summed E-state index contributed by atoms with van der Waals surface area (Å²) in [6.45, 7) is 5.75. The molecule has 3 nitrogen and oxygen atoms in total. The van der Waals surface area contributed by atoms with Gasteiger partial charge in [0.05, 0.1) is 5.41 Å². The molecule has 2 aliphatic heterocycles. The monoisotopic (exact) mass is 436 g/mol. The second kappa shape index (κ2) is 9.36. The van der Waals surface area contributed by atoms with E-state index in [1.807, 2.05) is 6.07 Å². The fourth-order valence-corrected chi connectivity index (χ4v) is 5.51. The van der Waals surface area contributed by atoms with Gasteiger partial charge in [0.2, 0.25) is 0 Å². The van der Waals surface area contributed by atoms with E-state index in [-0.39, 0.29) is 5.41 Å². The predicted octanol–water partition coefficient (Wildman–Crippen LogP) is 6.32. The van der Waals surface area contributed by atoms with Gasteiger partial charge < -0.3 is 9.80 Å². The van der Waals surface area contributed by atoms with Crippen LogP contribution in [0.4, 0.5) is 11.4 Å². The van der Waals surface area contributed by atoms with Crippen LogP contribution in [0.15, 0.2) is 78.9 Å².